The second-order valence-electron chi connectivity index (χ2n) is 7.21. The molecular formula is C25H19N3O4. The zero-order valence-electron chi connectivity index (χ0n) is 17.2. The highest BCUT2D eigenvalue weighted by Crippen LogP contribution is 2.35. The van der Waals surface area contributed by atoms with Gasteiger partial charge in [0.05, 0.1) is 10.6 Å². The molecule has 0 aliphatic carbocycles. The highest BCUT2D eigenvalue weighted by Gasteiger charge is 2.30. The lowest BCUT2D eigenvalue weighted by Crippen LogP contribution is -2.25. The summed E-state index contributed by atoms with van der Waals surface area (Å²) in [6.45, 7) is 1.43. The van der Waals surface area contributed by atoms with Crippen molar-refractivity contribution in [3.63, 3.8) is 0 Å². The molecule has 2 amide bonds. The highest BCUT2D eigenvalue weighted by molar-refractivity contribution is 6.23. The Balaban J connectivity index is 1.73. The fraction of sp³-hybridized carbons (Fsp3) is 0.0400. The number of amides is 2. The van der Waals surface area contributed by atoms with Crippen molar-refractivity contribution in [1.82, 2.24) is 0 Å². The number of benzene rings is 3. The van der Waals surface area contributed by atoms with Crippen LogP contribution in [0.1, 0.15) is 18.1 Å². The third kappa shape index (κ3) is 4.32. The van der Waals surface area contributed by atoms with Crippen molar-refractivity contribution in [3.8, 4) is 0 Å². The average Bonchev–Trinajstić information content (AvgIpc) is 3.11. The van der Waals surface area contributed by atoms with E-state index in [-0.39, 0.29) is 17.5 Å². The molecule has 1 aliphatic heterocycles. The van der Waals surface area contributed by atoms with Gasteiger partial charge in [-0.05, 0) is 59.7 Å². The Morgan fingerprint density at radius 1 is 0.969 bits per heavy atom. The molecule has 0 saturated heterocycles. The minimum absolute atomic E-state index is 0.00805. The summed E-state index contributed by atoms with van der Waals surface area (Å²) in [4.78, 5) is 36.7. The van der Waals surface area contributed by atoms with E-state index in [9.17, 15) is 19.7 Å². The van der Waals surface area contributed by atoms with Gasteiger partial charge in [-0.25, -0.2) is 0 Å². The molecule has 7 nitrogen and oxygen atoms in total. The lowest BCUT2D eigenvalue weighted by Gasteiger charge is -2.21. The van der Waals surface area contributed by atoms with Crippen LogP contribution in [0.5, 0.6) is 0 Å². The third-order valence-corrected chi connectivity index (χ3v) is 4.92. The number of nitrogens with zero attached hydrogens (tertiary/aromatic N) is 2. The molecule has 4 rings (SSSR count). The number of hydrogen-bond donors (Lipinski definition) is 1. The largest absolute Gasteiger partial charge is 0.326 e. The van der Waals surface area contributed by atoms with Crippen molar-refractivity contribution < 1.29 is 14.5 Å². The van der Waals surface area contributed by atoms with Crippen molar-refractivity contribution in [2.24, 2.45) is 0 Å². The molecule has 1 heterocycles. The Labute approximate surface area is 184 Å². The standard InChI is InChI=1S/C25H19N3O4/c1-17(29)26-21-9-13-22(14-10-21)27-24(19-5-3-2-4-6-19)16-20(25(27)30)15-18-7-11-23(12-8-18)28(31)32/h2-16H,1H3,(H,26,29). The number of carbonyl (C=O) groups is 2. The molecule has 0 bridgehead atoms. The summed E-state index contributed by atoms with van der Waals surface area (Å²) in [6, 6.07) is 22.6. The first kappa shape index (κ1) is 20.7. The predicted molar refractivity (Wildman–Crippen MR) is 124 cm³/mol. The first-order valence-corrected chi connectivity index (χ1v) is 9.88. The monoisotopic (exact) mass is 425 g/mol. The fourth-order valence-corrected chi connectivity index (χ4v) is 3.46. The molecule has 158 valence electrons. The molecule has 0 saturated carbocycles. The van der Waals surface area contributed by atoms with E-state index >= 15 is 0 Å². The van der Waals surface area contributed by atoms with Gasteiger partial charge in [-0.1, -0.05) is 30.3 Å². The Morgan fingerprint density at radius 3 is 2.22 bits per heavy atom. The van der Waals surface area contributed by atoms with Gasteiger partial charge in [-0.2, -0.15) is 0 Å². The van der Waals surface area contributed by atoms with Crippen LogP contribution in [-0.4, -0.2) is 16.7 Å². The van der Waals surface area contributed by atoms with Gasteiger partial charge in [0.1, 0.15) is 0 Å². The number of nitro benzene ring substituents is 1. The van der Waals surface area contributed by atoms with Crippen molar-refractivity contribution in [1.29, 1.82) is 0 Å². The number of rotatable bonds is 5. The van der Waals surface area contributed by atoms with Crippen LogP contribution in [0.3, 0.4) is 0 Å². The van der Waals surface area contributed by atoms with Crippen molar-refractivity contribution in [2.45, 2.75) is 6.92 Å². The van der Waals surface area contributed by atoms with Crippen molar-refractivity contribution in [3.05, 3.63) is 112 Å². The summed E-state index contributed by atoms with van der Waals surface area (Å²) in [6.07, 6.45) is 3.52. The Kier molecular flexibility index (Phi) is 5.63. The zero-order chi connectivity index (χ0) is 22.7. The van der Waals surface area contributed by atoms with Crippen LogP contribution >= 0.6 is 0 Å². The normalized spacial score (nSPS) is 14.4. The molecule has 0 atom stereocenters. The summed E-state index contributed by atoms with van der Waals surface area (Å²) >= 11 is 0. The number of non-ortho nitro benzene ring substituents is 1. The van der Waals surface area contributed by atoms with Gasteiger partial charge < -0.3 is 5.32 Å². The second-order valence-corrected chi connectivity index (χ2v) is 7.21. The minimum atomic E-state index is -0.461. The van der Waals surface area contributed by atoms with E-state index < -0.39 is 4.92 Å². The summed E-state index contributed by atoms with van der Waals surface area (Å²) < 4.78 is 0. The maximum absolute atomic E-state index is 13.4. The van der Waals surface area contributed by atoms with E-state index in [0.717, 1.165) is 11.3 Å². The molecule has 0 spiro atoms. The van der Waals surface area contributed by atoms with Gasteiger partial charge in [-0.3, -0.25) is 24.6 Å². The molecule has 0 fully saturated rings. The minimum Gasteiger partial charge on any atom is -0.326 e. The molecule has 1 N–H and O–H groups in total. The van der Waals surface area contributed by atoms with E-state index in [1.807, 2.05) is 30.3 Å². The Hall–Kier alpha value is -4.52. The number of nitro groups is 1. The van der Waals surface area contributed by atoms with Crippen molar-refractivity contribution in [2.75, 3.05) is 10.2 Å². The van der Waals surface area contributed by atoms with E-state index in [0.29, 0.717) is 22.5 Å². The van der Waals surface area contributed by atoms with Crippen LogP contribution in [-0.2, 0) is 9.59 Å². The van der Waals surface area contributed by atoms with E-state index in [2.05, 4.69) is 5.32 Å². The Morgan fingerprint density at radius 2 is 1.62 bits per heavy atom. The first-order valence-electron chi connectivity index (χ1n) is 9.88. The Bertz CT molecular complexity index is 1240. The van der Waals surface area contributed by atoms with E-state index in [4.69, 9.17) is 0 Å². The van der Waals surface area contributed by atoms with Crippen molar-refractivity contribution >= 4 is 40.6 Å². The van der Waals surface area contributed by atoms with Gasteiger partial charge in [0, 0.05) is 36.0 Å². The highest BCUT2D eigenvalue weighted by atomic mass is 16.6. The topological polar surface area (TPSA) is 92.6 Å². The molecule has 0 radical (unpaired) electrons. The smallest absolute Gasteiger partial charge is 0.269 e. The van der Waals surface area contributed by atoms with E-state index in [1.54, 1.807) is 53.5 Å². The molecule has 1 aliphatic rings. The SMILES string of the molecule is CC(=O)Nc1ccc(N2C(=O)C(=Cc3ccc([N+](=O)[O-])cc3)C=C2c2ccccc2)cc1. The summed E-state index contributed by atoms with van der Waals surface area (Å²) in [7, 11) is 0. The summed E-state index contributed by atoms with van der Waals surface area (Å²) in [5.41, 5.74) is 4.03. The molecule has 0 unspecified atom stereocenters. The van der Waals surface area contributed by atoms with Crippen LogP contribution in [0, 0.1) is 10.1 Å². The predicted octanol–water partition coefficient (Wildman–Crippen LogP) is 5.02. The lowest BCUT2D eigenvalue weighted by molar-refractivity contribution is -0.384. The van der Waals surface area contributed by atoms with Gasteiger partial charge in [0.15, 0.2) is 0 Å². The van der Waals surface area contributed by atoms with Crippen LogP contribution in [0.15, 0.2) is 90.5 Å². The molecule has 0 aromatic heterocycles. The molecule has 32 heavy (non-hydrogen) atoms. The molecular weight excluding hydrogens is 406 g/mol. The van der Waals surface area contributed by atoms with Gasteiger partial charge >= 0.3 is 0 Å². The van der Waals surface area contributed by atoms with Crippen LogP contribution in [0.25, 0.3) is 11.8 Å². The van der Waals surface area contributed by atoms with Crippen LogP contribution in [0.4, 0.5) is 17.1 Å². The summed E-state index contributed by atoms with van der Waals surface area (Å²) in [5, 5.41) is 13.6. The number of carbonyl (C=O) groups excluding carboxylic acids is 2. The van der Waals surface area contributed by atoms with Gasteiger partial charge in [0.25, 0.3) is 11.6 Å². The number of hydrogen-bond acceptors (Lipinski definition) is 4. The first-order chi connectivity index (χ1) is 15.4. The molecule has 3 aromatic rings. The van der Waals surface area contributed by atoms with Gasteiger partial charge in [0.2, 0.25) is 5.91 Å². The van der Waals surface area contributed by atoms with Gasteiger partial charge in [-0.15, -0.1) is 0 Å². The lowest BCUT2D eigenvalue weighted by atomic mass is 10.1. The number of nitrogens with one attached hydrogen (secondary N) is 1. The maximum atomic E-state index is 13.4. The quantitative estimate of drug-likeness (QED) is 0.353. The van der Waals surface area contributed by atoms with Crippen LogP contribution < -0.4 is 10.2 Å². The third-order valence-electron chi connectivity index (χ3n) is 4.92. The summed E-state index contributed by atoms with van der Waals surface area (Å²) in [5.74, 6) is -0.386. The maximum Gasteiger partial charge on any atom is 0.269 e. The molecule has 7 heteroatoms. The zero-order valence-corrected chi connectivity index (χ0v) is 17.2. The van der Waals surface area contributed by atoms with E-state index in [1.165, 1.54) is 19.1 Å². The number of anilines is 2. The molecule has 3 aromatic carbocycles. The van der Waals surface area contributed by atoms with Crippen LogP contribution in [0.2, 0.25) is 0 Å². The fourth-order valence-electron chi connectivity index (χ4n) is 3.46. The average molecular weight is 425 g/mol. The second kappa shape index (κ2) is 8.69.